The van der Waals surface area contributed by atoms with Crippen LogP contribution in [-0.4, -0.2) is 30.6 Å². The van der Waals surface area contributed by atoms with Crippen LogP contribution in [0.1, 0.15) is 10.4 Å². The van der Waals surface area contributed by atoms with Crippen LogP contribution in [0.25, 0.3) is 10.9 Å². The number of esters is 1. The maximum atomic E-state index is 12.2. The van der Waals surface area contributed by atoms with Crippen molar-refractivity contribution in [1.29, 1.82) is 0 Å². The number of carbonyl (C=O) groups excluding carboxylic acids is 2. The average Bonchev–Trinajstić information content (AvgIpc) is 2.66. The highest BCUT2D eigenvalue weighted by Gasteiger charge is 2.13. The second kappa shape index (κ2) is 8.24. The van der Waals surface area contributed by atoms with Crippen LogP contribution in [0.5, 0.6) is 5.75 Å². The van der Waals surface area contributed by atoms with Gasteiger partial charge < -0.3 is 14.8 Å². The first-order valence-corrected chi connectivity index (χ1v) is 8.58. The third-order valence-corrected chi connectivity index (χ3v) is 4.11. The molecule has 0 unspecified atom stereocenters. The first-order chi connectivity index (χ1) is 13.0. The number of nitrogens with one attached hydrogen (secondary N) is 1. The number of halogens is 2. The largest absolute Gasteiger partial charge is 0.495 e. The van der Waals surface area contributed by atoms with E-state index in [2.05, 4.69) is 10.3 Å². The maximum Gasteiger partial charge on any atom is 0.338 e. The number of benzene rings is 2. The van der Waals surface area contributed by atoms with Gasteiger partial charge in [-0.05, 0) is 48.5 Å². The van der Waals surface area contributed by atoms with Crippen LogP contribution < -0.4 is 10.1 Å². The zero-order valence-corrected chi connectivity index (χ0v) is 15.7. The molecule has 138 valence electrons. The van der Waals surface area contributed by atoms with Crippen LogP contribution in [0.2, 0.25) is 10.2 Å². The fraction of sp³-hybridized carbons (Fsp3) is 0.105. The molecule has 0 saturated carbocycles. The van der Waals surface area contributed by atoms with E-state index in [4.69, 9.17) is 32.7 Å². The fourth-order valence-electron chi connectivity index (χ4n) is 2.41. The highest BCUT2D eigenvalue weighted by atomic mass is 35.5. The van der Waals surface area contributed by atoms with Crippen molar-refractivity contribution in [3.8, 4) is 5.75 Å². The standard InChI is InChI=1S/C19H14Cl2N2O4/c1-26-16-6-4-13(20)9-15(16)23-18(24)10-27-19(25)12-2-5-14-11(8-12)3-7-17(21)22-14/h2-9H,10H2,1H3,(H,23,24). The number of hydrogen-bond acceptors (Lipinski definition) is 5. The number of ether oxygens (including phenoxy) is 2. The highest BCUT2D eigenvalue weighted by molar-refractivity contribution is 6.31. The topological polar surface area (TPSA) is 77.5 Å². The molecular formula is C19H14Cl2N2O4. The van der Waals surface area contributed by atoms with Crippen molar-refractivity contribution < 1.29 is 19.1 Å². The molecule has 0 aliphatic carbocycles. The van der Waals surface area contributed by atoms with E-state index in [0.29, 0.717) is 32.7 Å². The number of carbonyl (C=O) groups is 2. The summed E-state index contributed by atoms with van der Waals surface area (Å²) in [6.07, 6.45) is 0. The van der Waals surface area contributed by atoms with E-state index in [1.807, 2.05) is 0 Å². The Morgan fingerprint density at radius 2 is 1.89 bits per heavy atom. The number of rotatable bonds is 5. The molecule has 0 bridgehead atoms. The van der Waals surface area contributed by atoms with Crippen molar-refractivity contribution >= 4 is 51.7 Å². The van der Waals surface area contributed by atoms with Crippen LogP contribution in [0.4, 0.5) is 5.69 Å². The average molecular weight is 405 g/mol. The van der Waals surface area contributed by atoms with E-state index < -0.39 is 18.5 Å². The molecule has 0 fully saturated rings. The Labute approximate surface area is 165 Å². The smallest absolute Gasteiger partial charge is 0.338 e. The zero-order chi connectivity index (χ0) is 19.4. The summed E-state index contributed by atoms with van der Waals surface area (Å²) in [5, 5.41) is 4.14. The number of anilines is 1. The van der Waals surface area contributed by atoms with Gasteiger partial charge in [-0.15, -0.1) is 0 Å². The Hall–Kier alpha value is -2.83. The van der Waals surface area contributed by atoms with Gasteiger partial charge in [-0.3, -0.25) is 4.79 Å². The molecule has 0 radical (unpaired) electrons. The first-order valence-electron chi connectivity index (χ1n) is 7.83. The lowest BCUT2D eigenvalue weighted by Crippen LogP contribution is -2.21. The molecule has 6 nitrogen and oxygen atoms in total. The second-order valence-electron chi connectivity index (χ2n) is 5.51. The number of hydrogen-bond donors (Lipinski definition) is 1. The van der Waals surface area contributed by atoms with E-state index in [9.17, 15) is 9.59 Å². The summed E-state index contributed by atoms with van der Waals surface area (Å²) in [6, 6.07) is 13.0. The number of nitrogens with zero attached hydrogens (tertiary/aromatic N) is 1. The summed E-state index contributed by atoms with van der Waals surface area (Å²) in [4.78, 5) is 28.4. The van der Waals surface area contributed by atoms with Gasteiger partial charge in [-0.25, -0.2) is 9.78 Å². The van der Waals surface area contributed by atoms with Crippen molar-refractivity contribution in [3.05, 3.63) is 64.3 Å². The van der Waals surface area contributed by atoms with Crippen LogP contribution >= 0.6 is 23.2 Å². The summed E-state index contributed by atoms with van der Waals surface area (Å²) in [7, 11) is 1.47. The lowest BCUT2D eigenvalue weighted by Gasteiger charge is -2.11. The normalized spacial score (nSPS) is 10.5. The molecule has 8 heteroatoms. The van der Waals surface area contributed by atoms with Crippen molar-refractivity contribution in [2.24, 2.45) is 0 Å². The molecule has 0 atom stereocenters. The van der Waals surface area contributed by atoms with Crippen molar-refractivity contribution in [2.75, 3.05) is 19.0 Å². The number of pyridine rings is 1. The third-order valence-electron chi connectivity index (χ3n) is 3.66. The minimum atomic E-state index is -0.625. The molecule has 0 saturated heterocycles. The van der Waals surface area contributed by atoms with Crippen molar-refractivity contribution in [3.63, 3.8) is 0 Å². The van der Waals surface area contributed by atoms with Gasteiger partial charge in [0.1, 0.15) is 10.9 Å². The third kappa shape index (κ3) is 4.67. The maximum absolute atomic E-state index is 12.2. The first kappa shape index (κ1) is 18.9. The van der Waals surface area contributed by atoms with Crippen LogP contribution in [0.15, 0.2) is 48.5 Å². The minimum Gasteiger partial charge on any atom is -0.495 e. The van der Waals surface area contributed by atoms with E-state index in [1.165, 1.54) is 7.11 Å². The quantitative estimate of drug-likeness (QED) is 0.505. The molecule has 1 amide bonds. The minimum absolute atomic E-state index is 0.305. The Balaban J connectivity index is 1.64. The van der Waals surface area contributed by atoms with Crippen molar-refractivity contribution in [2.45, 2.75) is 0 Å². The van der Waals surface area contributed by atoms with Gasteiger partial charge >= 0.3 is 5.97 Å². The molecule has 0 spiro atoms. The number of fused-ring (bicyclic) bond motifs is 1. The molecule has 0 aliphatic heterocycles. The molecule has 1 N–H and O–H groups in total. The lowest BCUT2D eigenvalue weighted by atomic mass is 10.1. The van der Waals surface area contributed by atoms with Gasteiger partial charge in [0.2, 0.25) is 0 Å². The predicted octanol–water partition coefficient (Wildman–Crippen LogP) is 4.35. The van der Waals surface area contributed by atoms with Crippen LogP contribution in [0.3, 0.4) is 0 Å². The monoisotopic (exact) mass is 404 g/mol. The van der Waals surface area contributed by atoms with Crippen LogP contribution in [-0.2, 0) is 9.53 Å². The van der Waals surface area contributed by atoms with Crippen LogP contribution in [0, 0.1) is 0 Å². The molecule has 1 aromatic heterocycles. The molecular weight excluding hydrogens is 391 g/mol. The van der Waals surface area contributed by atoms with Gasteiger partial charge in [-0.2, -0.15) is 0 Å². The summed E-state index contributed by atoms with van der Waals surface area (Å²) < 4.78 is 10.2. The van der Waals surface area contributed by atoms with Gasteiger partial charge in [0.05, 0.1) is 23.9 Å². The molecule has 3 rings (SSSR count). The number of aromatic nitrogens is 1. The Morgan fingerprint density at radius 1 is 1.07 bits per heavy atom. The number of methoxy groups -OCH3 is 1. The molecule has 1 heterocycles. The predicted molar refractivity (Wildman–Crippen MR) is 104 cm³/mol. The Bertz CT molecular complexity index is 1020. The highest BCUT2D eigenvalue weighted by Crippen LogP contribution is 2.27. The molecule has 0 aliphatic rings. The SMILES string of the molecule is COc1ccc(Cl)cc1NC(=O)COC(=O)c1ccc2nc(Cl)ccc2c1. The zero-order valence-electron chi connectivity index (χ0n) is 14.2. The van der Waals surface area contributed by atoms with E-state index in [1.54, 1.807) is 48.5 Å². The summed E-state index contributed by atoms with van der Waals surface area (Å²) in [5.74, 6) is -0.696. The number of amides is 1. The summed E-state index contributed by atoms with van der Waals surface area (Å²) in [5.41, 5.74) is 1.35. The second-order valence-corrected chi connectivity index (χ2v) is 6.33. The molecule has 2 aromatic carbocycles. The van der Waals surface area contributed by atoms with Gasteiger partial charge in [0, 0.05) is 10.4 Å². The molecule has 27 heavy (non-hydrogen) atoms. The summed E-state index contributed by atoms with van der Waals surface area (Å²) in [6.45, 7) is -0.453. The Morgan fingerprint density at radius 3 is 2.67 bits per heavy atom. The van der Waals surface area contributed by atoms with Gasteiger partial charge in [0.15, 0.2) is 6.61 Å². The van der Waals surface area contributed by atoms with Gasteiger partial charge in [0.25, 0.3) is 5.91 Å². The Kier molecular flexibility index (Phi) is 5.78. The fourth-order valence-corrected chi connectivity index (χ4v) is 2.73. The molecule has 3 aromatic rings. The lowest BCUT2D eigenvalue weighted by molar-refractivity contribution is -0.119. The van der Waals surface area contributed by atoms with Gasteiger partial charge in [-0.1, -0.05) is 23.2 Å². The van der Waals surface area contributed by atoms with Crippen molar-refractivity contribution in [1.82, 2.24) is 4.98 Å². The van der Waals surface area contributed by atoms with E-state index in [-0.39, 0.29) is 0 Å². The summed E-state index contributed by atoms with van der Waals surface area (Å²) >= 11 is 11.8. The van der Waals surface area contributed by atoms with E-state index in [0.717, 1.165) is 5.39 Å². The van der Waals surface area contributed by atoms with E-state index >= 15 is 0 Å².